The topological polar surface area (TPSA) is 52.9 Å². The second kappa shape index (κ2) is 22.1. The van der Waals surface area contributed by atoms with Crippen LogP contribution < -0.4 is 0 Å². The van der Waals surface area contributed by atoms with E-state index >= 15 is 0 Å². The SMILES string of the molecule is CC=CC=N[N-]C(=[SH+])SC.CC=CC=N[N-]C(=[SH+])SC.[Cu]. The van der Waals surface area contributed by atoms with E-state index in [9.17, 15) is 0 Å². The van der Waals surface area contributed by atoms with Crippen LogP contribution in [-0.4, -0.2) is 33.6 Å². The van der Waals surface area contributed by atoms with Crippen LogP contribution in [-0.2, 0) is 41.5 Å². The van der Waals surface area contributed by atoms with Crippen LogP contribution in [0.4, 0.5) is 0 Å². The van der Waals surface area contributed by atoms with E-state index in [1.807, 2.05) is 50.7 Å². The van der Waals surface area contributed by atoms with Gasteiger partial charge in [-0.05, 0) is 26.4 Å². The standard InChI is InChI=1S/2C6H10N2S2.Cu/c2*1-3-4-5-7-8-6(9)10-2;/h2*3-5H,1-2H3,(H,8,9);. The van der Waals surface area contributed by atoms with Crippen molar-refractivity contribution in [2.75, 3.05) is 12.5 Å². The zero-order valence-electron chi connectivity index (χ0n) is 12.3. The monoisotopic (exact) mass is 411 g/mol. The van der Waals surface area contributed by atoms with Gasteiger partial charge in [-0.1, -0.05) is 47.8 Å². The summed E-state index contributed by atoms with van der Waals surface area (Å²) in [5.41, 5.74) is 7.48. The van der Waals surface area contributed by atoms with Gasteiger partial charge in [0.1, 0.15) is 0 Å². The maximum absolute atomic E-state index is 4.01. The number of thiol groups is 2. The summed E-state index contributed by atoms with van der Waals surface area (Å²) in [4.78, 5) is 0. The van der Waals surface area contributed by atoms with Crippen LogP contribution in [0.15, 0.2) is 34.5 Å². The summed E-state index contributed by atoms with van der Waals surface area (Å²) in [6, 6.07) is 0. The third-order valence-electron chi connectivity index (χ3n) is 1.34. The van der Waals surface area contributed by atoms with Crippen molar-refractivity contribution in [2.24, 2.45) is 10.2 Å². The van der Waals surface area contributed by atoms with Gasteiger partial charge in [-0.25, -0.2) is 0 Å². The molecular formula is C12H20CuN4S4. The number of rotatable bonds is 4. The molecule has 0 atom stereocenters. The molecule has 0 aromatic heterocycles. The van der Waals surface area contributed by atoms with Crippen molar-refractivity contribution in [3.8, 4) is 0 Å². The average molecular weight is 412 g/mol. The van der Waals surface area contributed by atoms with Gasteiger partial charge in [-0.2, -0.15) is 0 Å². The van der Waals surface area contributed by atoms with E-state index in [0.717, 1.165) is 0 Å². The molecule has 0 unspecified atom stereocenters. The Hall–Kier alpha value is -0.181. The van der Waals surface area contributed by atoms with Crippen LogP contribution in [0.2, 0.25) is 0 Å². The van der Waals surface area contributed by atoms with E-state index in [-0.39, 0.29) is 17.1 Å². The Balaban J connectivity index is -0.000000295. The molecule has 9 heteroatoms. The van der Waals surface area contributed by atoms with Crippen LogP contribution in [0.5, 0.6) is 0 Å². The molecule has 4 nitrogen and oxygen atoms in total. The Bertz CT molecular complexity index is 345. The van der Waals surface area contributed by atoms with Crippen LogP contribution >= 0.6 is 23.5 Å². The number of hydrogen-bond acceptors (Lipinski definition) is 4. The minimum Gasteiger partial charge on any atom is -0.520 e. The summed E-state index contributed by atoms with van der Waals surface area (Å²) < 4.78 is 1.33. The molecule has 123 valence electrons. The average Bonchev–Trinajstić information content (AvgIpc) is 2.48. The first-order valence-electron chi connectivity index (χ1n) is 5.52. The Labute approximate surface area is 157 Å². The minimum atomic E-state index is 0. The van der Waals surface area contributed by atoms with Crippen molar-refractivity contribution < 1.29 is 17.1 Å². The second-order valence-electron chi connectivity index (χ2n) is 2.75. The van der Waals surface area contributed by atoms with Gasteiger partial charge in [0.15, 0.2) is 33.1 Å². The molecular weight excluding hydrogens is 392 g/mol. The number of hydrogen-bond donors (Lipinski definition) is 0. The number of allylic oxidation sites excluding steroid dienone is 4. The van der Waals surface area contributed by atoms with Gasteiger partial charge < -0.3 is 21.1 Å². The maximum atomic E-state index is 4.01. The van der Waals surface area contributed by atoms with Crippen molar-refractivity contribution in [1.82, 2.24) is 0 Å². The van der Waals surface area contributed by atoms with E-state index in [2.05, 4.69) is 45.5 Å². The van der Waals surface area contributed by atoms with Crippen LogP contribution in [0.3, 0.4) is 0 Å². The van der Waals surface area contributed by atoms with Crippen molar-refractivity contribution in [1.29, 1.82) is 0 Å². The predicted octanol–water partition coefficient (Wildman–Crippen LogP) is 3.30. The summed E-state index contributed by atoms with van der Waals surface area (Å²) in [6.07, 6.45) is 14.4. The molecule has 0 amide bonds. The molecule has 0 aromatic carbocycles. The van der Waals surface area contributed by atoms with Gasteiger partial charge in [0.25, 0.3) is 0 Å². The largest absolute Gasteiger partial charge is 0.520 e. The minimum absolute atomic E-state index is 0. The third-order valence-corrected chi connectivity index (χ3v) is 3.51. The summed E-state index contributed by atoms with van der Waals surface area (Å²) in [7, 11) is 0. The zero-order chi connectivity index (χ0) is 15.6. The van der Waals surface area contributed by atoms with Crippen LogP contribution in [0, 0.1) is 0 Å². The molecule has 0 aliphatic heterocycles. The Morgan fingerprint density at radius 1 is 0.857 bits per heavy atom. The first kappa shape index (κ1) is 25.8. The second-order valence-corrected chi connectivity index (χ2v) is 5.80. The molecule has 21 heavy (non-hydrogen) atoms. The third kappa shape index (κ3) is 25.1. The Kier molecular flexibility index (Phi) is 27.1. The molecule has 0 aromatic rings. The van der Waals surface area contributed by atoms with E-state index in [1.54, 1.807) is 12.4 Å². The molecule has 0 heterocycles. The quantitative estimate of drug-likeness (QED) is 0.178. The fraction of sp³-hybridized carbons (Fsp3) is 0.333. The fourth-order valence-electron chi connectivity index (χ4n) is 0.496. The molecule has 0 aliphatic rings. The van der Waals surface area contributed by atoms with Crippen LogP contribution in [0.1, 0.15) is 13.8 Å². The van der Waals surface area contributed by atoms with Gasteiger partial charge in [0.2, 0.25) is 0 Å². The van der Waals surface area contributed by atoms with Gasteiger partial charge >= 0.3 is 0 Å². The molecule has 0 spiro atoms. The van der Waals surface area contributed by atoms with Crippen molar-refractivity contribution in [3.63, 3.8) is 0 Å². The van der Waals surface area contributed by atoms with Crippen molar-refractivity contribution >= 4 is 69.0 Å². The van der Waals surface area contributed by atoms with E-state index in [1.165, 1.54) is 23.5 Å². The molecule has 0 fully saturated rings. The molecule has 0 saturated heterocycles. The summed E-state index contributed by atoms with van der Waals surface area (Å²) in [5.74, 6) is 0. The molecule has 1 radical (unpaired) electrons. The van der Waals surface area contributed by atoms with Crippen LogP contribution in [0.25, 0.3) is 10.9 Å². The predicted molar refractivity (Wildman–Crippen MR) is 108 cm³/mol. The summed E-state index contributed by atoms with van der Waals surface area (Å²) in [5, 5.41) is 7.42. The fourth-order valence-corrected chi connectivity index (χ4v) is 0.857. The smallest absolute Gasteiger partial charge is 0.174 e. The Morgan fingerprint density at radius 2 is 1.19 bits per heavy atom. The van der Waals surface area contributed by atoms with Gasteiger partial charge in [0, 0.05) is 29.5 Å². The van der Waals surface area contributed by atoms with Gasteiger partial charge in [0.05, 0.1) is 0 Å². The zero-order valence-corrected chi connectivity index (χ0v) is 16.6. The molecule has 0 bridgehead atoms. The summed E-state index contributed by atoms with van der Waals surface area (Å²) in [6.45, 7) is 3.85. The van der Waals surface area contributed by atoms with Crippen molar-refractivity contribution in [2.45, 2.75) is 13.8 Å². The van der Waals surface area contributed by atoms with E-state index < -0.39 is 0 Å². The first-order valence-corrected chi connectivity index (χ1v) is 8.87. The molecule has 0 saturated carbocycles. The summed E-state index contributed by atoms with van der Waals surface area (Å²) >= 11 is 10.9. The van der Waals surface area contributed by atoms with Gasteiger partial charge in [-0.3, -0.25) is 0 Å². The van der Waals surface area contributed by atoms with E-state index in [4.69, 9.17) is 0 Å². The number of thioether (sulfide) groups is 2. The molecule has 0 aliphatic carbocycles. The Morgan fingerprint density at radius 3 is 1.43 bits per heavy atom. The number of nitrogens with zero attached hydrogens (tertiary/aromatic N) is 4. The maximum Gasteiger partial charge on any atom is 0.174 e. The van der Waals surface area contributed by atoms with Crippen molar-refractivity contribution in [3.05, 3.63) is 35.2 Å². The molecule has 0 rings (SSSR count). The van der Waals surface area contributed by atoms with E-state index in [0.29, 0.717) is 8.64 Å². The van der Waals surface area contributed by atoms with Gasteiger partial charge in [-0.15, -0.1) is 0 Å². The first-order chi connectivity index (χ1) is 9.62. The normalized spacial score (nSPS) is 10.5. The molecule has 0 N–H and O–H groups in total.